The molecule has 0 saturated heterocycles. The first-order chi connectivity index (χ1) is 11.0. The van der Waals surface area contributed by atoms with Gasteiger partial charge >= 0.3 is 0 Å². The number of phenols is 1. The van der Waals surface area contributed by atoms with Gasteiger partial charge in [0.25, 0.3) is 5.91 Å². The van der Waals surface area contributed by atoms with E-state index >= 15 is 0 Å². The molecule has 118 valence electrons. The molecule has 2 N–H and O–H groups in total. The van der Waals surface area contributed by atoms with E-state index < -0.39 is 5.91 Å². The minimum absolute atomic E-state index is 0.0307. The smallest absolute Gasteiger partial charge is 0.268 e. The first kappa shape index (κ1) is 16.9. The molecule has 0 fully saturated rings. The van der Waals surface area contributed by atoms with Crippen LogP contribution in [0.25, 0.3) is 6.08 Å². The maximum atomic E-state index is 12.1. The van der Waals surface area contributed by atoms with Crippen LogP contribution < -0.4 is 10.1 Å². The van der Waals surface area contributed by atoms with Crippen LogP contribution in [-0.4, -0.2) is 17.6 Å². The number of nitriles is 1. The molecular weight excluding hydrogens is 411 g/mol. The molecule has 0 spiro atoms. The molecule has 2 aromatic rings. The van der Waals surface area contributed by atoms with Crippen LogP contribution in [0.4, 0.5) is 5.88 Å². The normalized spacial score (nSPS) is 10.9. The Kier molecular flexibility index (Phi) is 5.65. The zero-order valence-corrected chi connectivity index (χ0v) is 14.3. The van der Waals surface area contributed by atoms with Gasteiger partial charge in [0.2, 0.25) is 0 Å². The molecule has 0 atom stereocenters. The number of amides is 1. The van der Waals surface area contributed by atoms with Gasteiger partial charge in [-0.1, -0.05) is 0 Å². The lowest BCUT2D eigenvalue weighted by Gasteiger charge is -2.09. The number of benzene rings is 1. The molecule has 0 unspecified atom stereocenters. The maximum absolute atomic E-state index is 12.1. The van der Waals surface area contributed by atoms with Crippen LogP contribution in [0.1, 0.15) is 12.5 Å². The van der Waals surface area contributed by atoms with Gasteiger partial charge in [-0.15, -0.1) is 0 Å². The van der Waals surface area contributed by atoms with Crippen molar-refractivity contribution in [1.82, 2.24) is 0 Å². The van der Waals surface area contributed by atoms with Gasteiger partial charge in [-0.3, -0.25) is 10.1 Å². The van der Waals surface area contributed by atoms with E-state index in [9.17, 15) is 15.2 Å². The van der Waals surface area contributed by atoms with Crippen molar-refractivity contribution in [2.75, 3.05) is 11.9 Å². The van der Waals surface area contributed by atoms with E-state index in [2.05, 4.69) is 5.32 Å². The van der Waals surface area contributed by atoms with Crippen LogP contribution in [0.15, 0.2) is 40.5 Å². The number of rotatable bonds is 5. The summed E-state index contributed by atoms with van der Waals surface area (Å²) in [7, 11) is 0. The van der Waals surface area contributed by atoms with E-state index in [-0.39, 0.29) is 17.2 Å². The third kappa shape index (κ3) is 4.26. The molecule has 1 aromatic carbocycles. The van der Waals surface area contributed by atoms with Crippen molar-refractivity contribution in [1.29, 1.82) is 5.26 Å². The van der Waals surface area contributed by atoms with Gasteiger partial charge < -0.3 is 14.3 Å². The summed E-state index contributed by atoms with van der Waals surface area (Å²) in [5.74, 6) is 0.00691. The molecule has 0 aliphatic carbocycles. The molecule has 0 aliphatic rings. The third-order valence-corrected chi connectivity index (χ3v) is 3.61. The molecule has 1 amide bonds. The highest BCUT2D eigenvalue weighted by Gasteiger charge is 2.13. The van der Waals surface area contributed by atoms with Crippen molar-refractivity contribution in [3.63, 3.8) is 0 Å². The number of carbonyl (C=O) groups excluding carboxylic acids is 1. The monoisotopic (exact) mass is 424 g/mol. The lowest BCUT2D eigenvalue weighted by atomic mass is 10.1. The fourth-order valence-corrected chi connectivity index (χ4v) is 2.41. The number of nitrogens with zero attached hydrogens (tertiary/aromatic N) is 1. The molecule has 6 nitrogen and oxygen atoms in total. The number of hydrogen-bond acceptors (Lipinski definition) is 5. The Morgan fingerprint density at radius 2 is 2.35 bits per heavy atom. The van der Waals surface area contributed by atoms with Gasteiger partial charge in [-0.2, -0.15) is 5.26 Å². The molecule has 23 heavy (non-hydrogen) atoms. The molecule has 2 rings (SSSR count). The number of phenolic OH excluding ortho intramolecular Hbond substituents is 1. The van der Waals surface area contributed by atoms with E-state index in [1.165, 1.54) is 12.3 Å². The predicted octanol–water partition coefficient (Wildman–Crippen LogP) is 3.53. The molecular formula is C16H13IN2O4. The van der Waals surface area contributed by atoms with Crippen LogP contribution in [0.3, 0.4) is 0 Å². The van der Waals surface area contributed by atoms with Crippen molar-refractivity contribution in [2.45, 2.75) is 6.92 Å². The fourth-order valence-electron chi connectivity index (χ4n) is 1.79. The summed E-state index contributed by atoms with van der Waals surface area (Å²) in [5, 5.41) is 21.6. The molecule has 1 heterocycles. The Balaban J connectivity index is 2.30. The highest BCUT2D eigenvalue weighted by atomic mass is 127. The second kappa shape index (κ2) is 7.69. The van der Waals surface area contributed by atoms with Gasteiger partial charge in [0.05, 0.1) is 16.4 Å². The van der Waals surface area contributed by atoms with Crippen molar-refractivity contribution in [2.24, 2.45) is 0 Å². The number of aromatic hydroxyl groups is 1. The van der Waals surface area contributed by atoms with Gasteiger partial charge in [-0.05, 0) is 59.4 Å². The number of halogens is 1. The Morgan fingerprint density at radius 3 is 2.96 bits per heavy atom. The van der Waals surface area contributed by atoms with E-state index in [1.807, 2.05) is 28.7 Å². The van der Waals surface area contributed by atoms with E-state index in [4.69, 9.17) is 9.15 Å². The quantitative estimate of drug-likeness (QED) is 0.435. The Bertz CT molecular complexity index is 776. The average molecular weight is 424 g/mol. The summed E-state index contributed by atoms with van der Waals surface area (Å²) in [5.41, 5.74) is 0.479. The third-order valence-electron chi connectivity index (χ3n) is 2.78. The van der Waals surface area contributed by atoms with Crippen LogP contribution in [-0.2, 0) is 4.79 Å². The van der Waals surface area contributed by atoms with Gasteiger partial charge in [0.1, 0.15) is 11.6 Å². The first-order valence-electron chi connectivity index (χ1n) is 6.67. The average Bonchev–Trinajstić information content (AvgIpc) is 3.02. The Hall–Kier alpha value is -2.47. The number of nitrogens with one attached hydrogen (secondary N) is 1. The summed E-state index contributed by atoms with van der Waals surface area (Å²) in [6, 6.07) is 8.27. The Labute approximate surface area is 146 Å². The van der Waals surface area contributed by atoms with E-state index in [1.54, 1.807) is 31.2 Å². The van der Waals surface area contributed by atoms with Crippen molar-refractivity contribution < 1.29 is 19.1 Å². The molecule has 0 bridgehead atoms. The fraction of sp³-hybridized carbons (Fsp3) is 0.125. The summed E-state index contributed by atoms with van der Waals surface area (Å²) >= 11 is 1.95. The van der Waals surface area contributed by atoms with E-state index in [0.717, 1.165) is 0 Å². The second-order valence-electron chi connectivity index (χ2n) is 4.38. The summed E-state index contributed by atoms with van der Waals surface area (Å²) in [6.07, 6.45) is 2.84. The van der Waals surface area contributed by atoms with Crippen LogP contribution in [0.2, 0.25) is 0 Å². The van der Waals surface area contributed by atoms with Crippen LogP contribution in [0.5, 0.6) is 11.5 Å². The SMILES string of the molecule is CCOc1cc(/C=C(\C#N)C(=O)Nc2ccco2)cc(I)c1O. The Morgan fingerprint density at radius 1 is 1.57 bits per heavy atom. The summed E-state index contributed by atoms with van der Waals surface area (Å²) < 4.78 is 10.9. The molecule has 0 saturated carbocycles. The zero-order valence-electron chi connectivity index (χ0n) is 12.2. The lowest BCUT2D eigenvalue weighted by Crippen LogP contribution is -2.12. The first-order valence-corrected chi connectivity index (χ1v) is 7.75. The highest BCUT2D eigenvalue weighted by molar-refractivity contribution is 14.1. The number of ether oxygens (including phenoxy) is 1. The number of anilines is 1. The molecule has 1 aromatic heterocycles. The summed E-state index contributed by atoms with van der Waals surface area (Å²) in [4.78, 5) is 12.1. The maximum Gasteiger partial charge on any atom is 0.268 e. The van der Waals surface area contributed by atoms with Crippen molar-refractivity contribution >= 4 is 40.5 Å². The van der Waals surface area contributed by atoms with Crippen LogP contribution >= 0.6 is 22.6 Å². The molecule has 0 radical (unpaired) electrons. The van der Waals surface area contributed by atoms with Gasteiger partial charge in [-0.25, -0.2) is 0 Å². The van der Waals surface area contributed by atoms with Crippen LogP contribution in [0, 0.1) is 14.9 Å². The topological polar surface area (TPSA) is 95.5 Å². The van der Waals surface area contributed by atoms with Crippen molar-refractivity contribution in [3.05, 3.63) is 45.2 Å². The molecule has 7 heteroatoms. The minimum atomic E-state index is -0.580. The zero-order chi connectivity index (χ0) is 16.8. The largest absolute Gasteiger partial charge is 0.504 e. The summed E-state index contributed by atoms with van der Waals surface area (Å²) in [6.45, 7) is 2.19. The molecule has 0 aliphatic heterocycles. The van der Waals surface area contributed by atoms with Crippen molar-refractivity contribution in [3.8, 4) is 17.6 Å². The number of carbonyl (C=O) groups is 1. The number of furan rings is 1. The predicted molar refractivity (Wildman–Crippen MR) is 92.9 cm³/mol. The van der Waals surface area contributed by atoms with E-state index in [0.29, 0.717) is 21.5 Å². The highest BCUT2D eigenvalue weighted by Crippen LogP contribution is 2.33. The van der Waals surface area contributed by atoms with Gasteiger partial charge in [0, 0.05) is 6.07 Å². The minimum Gasteiger partial charge on any atom is -0.504 e. The second-order valence-corrected chi connectivity index (χ2v) is 5.55. The van der Waals surface area contributed by atoms with Gasteiger partial charge in [0.15, 0.2) is 17.4 Å². The number of hydrogen-bond donors (Lipinski definition) is 2. The lowest BCUT2D eigenvalue weighted by molar-refractivity contribution is -0.112. The standard InChI is InChI=1S/C16H13IN2O4/c1-2-22-13-8-10(7-12(17)15(13)20)6-11(9-18)16(21)19-14-4-3-5-23-14/h3-8,20H,2H2,1H3,(H,19,21)/b11-6+.